The average Bonchev–Trinajstić information content (AvgIpc) is 2.66. The molecule has 3 rings (SSSR count). The number of hydrogen-bond acceptors (Lipinski definition) is 3. The number of carbonyl (C=O) groups excluding carboxylic acids is 1. The van der Waals surface area contributed by atoms with E-state index in [2.05, 4.69) is 4.90 Å². The van der Waals surface area contributed by atoms with Gasteiger partial charge in [0.25, 0.3) is 0 Å². The van der Waals surface area contributed by atoms with Gasteiger partial charge in [0.15, 0.2) is 0 Å². The summed E-state index contributed by atoms with van der Waals surface area (Å²) in [6.07, 6.45) is 0.121. The summed E-state index contributed by atoms with van der Waals surface area (Å²) in [6.45, 7) is 4.66. The van der Waals surface area contributed by atoms with Crippen LogP contribution in [0.15, 0.2) is 48.5 Å². The number of amides is 1. The summed E-state index contributed by atoms with van der Waals surface area (Å²) in [6, 6.07) is 12.3. The maximum atomic E-state index is 13.5. The zero-order valence-corrected chi connectivity index (χ0v) is 15.2. The molecule has 0 aliphatic carbocycles. The Hall–Kier alpha value is -2.31. The second-order valence-electron chi connectivity index (χ2n) is 6.71. The normalized spacial score (nSPS) is 14.9. The highest BCUT2D eigenvalue weighted by Crippen LogP contribution is 2.12. The van der Waals surface area contributed by atoms with Crippen molar-refractivity contribution in [1.29, 1.82) is 0 Å². The Morgan fingerprint density at radius 3 is 2.30 bits per heavy atom. The first kappa shape index (κ1) is 19.5. The average molecular weight is 374 g/mol. The van der Waals surface area contributed by atoms with Crippen LogP contribution in [0.1, 0.15) is 11.1 Å². The number of ether oxygens (including phenoxy) is 1. The number of morpholine rings is 1. The van der Waals surface area contributed by atoms with E-state index in [4.69, 9.17) is 4.74 Å². The fourth-order valence-corrected chi connectivity index (χ4v) is 3.17. The number of rotatable bonds is 7. The summed E-state index contributed by atoms with van der Waals surface area (Å²) >= 11 is 0. The third kappa shape index (κ3) is 6.12. The molecule has 1 amide bonds. The van der Waals surface area contributed by atoms with E-state index in [1.165, 1.54) is 24.3 Å². The number of hydrogen-bond donors (Lipinski definition) is 0. The highest BCUT2D eigenvalue weighted by molar-refractivity contribution is 5.78. The van der Waals surface area contributed by atoms with Crippen molar-refractivity contribution in [3.63, 3.8) is 0 Å². The smallest absolute Gasteiger partial charge is 0.227 e. The first-order valence-corrected chi connectivity index (χ1v) is 9.17. The molecule has 0 saturated carbocycles. The number of nitrogens with zero attached hydrogens (tertiary/aromatic N) is 2. The van der Waals surface area contributed by atoms with Crippen LogP contribution in [-0.4, -0.2) is 55.1 Å². The molecule has 0 atom stereocenters. The summed E-state index contributed by atoms with van der Waals surface area (Å²) in [5, 5.41) is 0. The van der Waals surface area contributed by atoms with E-state index in [1.807, 2.05) is 0 Å². The third-order valence-electron chi connectivity index (χ3n) is 4.65. The Kier molecular flexibility index (Phi) is 6.90. The largest absolute Gasteiger partial charge is 0.379 e. The second kappa shape index (κ2) is 9.58. The lowest BCUT2D eigenvalue weighted by molar-refractivity contribution is -0.131. The molecule has 0 N–H and O–H groups in total. The summed E-state index contributed by atoms with van der Waals surface area (Å²) in [7, 11) is 0. The Bertz CT molecular complexity index is 763. The molecule has 0 unspecified atom stereocenters. The van der Waals surface area contributed by atoms with Crippen molar-refractivity contribution in [1.82, 2.24) is 9.80 Å². The highest BCUT2D eigenvalue weighted by atomic mass is 19.1. The summed E-state index contributed by atoms with van der Waals surface area (Å²) < 4.78 is 32.3. The van der Waals surface area contributed by atoms with Gasteiger partial charge in [-0.05, 0) is 35.4 Å². The summed E-state index contributed by atoms with van der Waals surface area (Å²) in [5.74, 6) is -0.776. The lowest BCUT2D eigenvalue weighted by Crippen LogP contribution is -2.43. The van der Waals surface area contributed by atoms with Gasteiger partial charge in [-0.2, -0.15) is 0 Å². The van der Waals surface area contributed by atoms with Gasteiger partial charge in [0.1, 0.15) is 11.6 Å². The Balaban J connectivity index is 1.68. The van der Waals surface area contributed by atoms with E-state index in [0.29, 0.717) is 31.9 Å². The molecule has 0 spiro atoms. The topological polar surface area (TPSA) is 32.8 Å². The molecule has 1 heterocycles. The van der Waals surface area contributed by atoms with Crippen molar-refractivity contribution in [2.45, 2.75) is 13.0 Å². The highest BCUT2D eigenvalue weighted by Gasteiger charge is 2.18. The standard InChI is InChI=1S/C21H24F2N2O2/c22-19-5-1-3-17(13-19)15-21(26)25(8-7-24-9-11-27-12-10-24)16-18-4-2-6-20(23)14-18/h1-6,13-14H,7-12,15-16H2. The maximum Gasteiger partial charge on any atom is 0.227 e. The molecular weight excluding hydrogens is 350 g/mol. The van der Waals surface area contributed by atoms with E-state index in [-0.39, 0.29) is 24.0 Å². The number of carbonyl (C=O) groups is 1. The fraction of sp³-hybridized carbons (Fsp3) is 0.381. The number of halogens is 2. The van der Waals surface area contributed by atoms with Crippen molar-refractivity contribution in [3.8, 4) is 0 Å². The van der Waals surface area contributed by atoms with Crippen molar-refractivity contribution in [2.24, 2.45) is 0 Å². The molecule has 1 saturated heterocycles. The van der Waals surface area contributed by atoms with Crippen LogP contribution in [0.2, 0.25) is 0 Å². The predicted molar refractivity (Wildman–Crippen MR) is 99.2 cm³/mol. The Morgan fingerprint density at radius 1 is 1.00 bits per heavy atom. The van der Waals surface area contributed by atoms with Gasteiger partial charge in [0.2, 0.25) is 5.91 Å². The van der Waals surface area contributed by atoms with Crippen LogP contribution in [-0.2, 0) is 22.5 Å². The first-order valence-electron chi connectivity index (χ1n) is 9.17. The molecule has 0 aromatic heterocycles. The van der Waals surface area contributed by atoms with E-state index in [9.17, 15) is 13.6 Å². The molecule has 4 nitrogen and oxygen atoms in total. The fourth-order valence-electron chi connectivity index (χ4n) is 3.17. The Labute approximate surface area is 158 Å². The molecule has 2 aromatic rings. The van der Waals surface area contributed by atoms with Gasteiger partial charge in [-0.3, -0.25) is 9.69 Å². The molecule has 0 bridgehead atoms. The molecule has 1 aliphatic rings. The van der Waals surface area contributed by atoms with Crippen LogP contribution in [0.4, 0.5) is 8.78 Å². The van der Waals surface area contributed by atoms with Gasteiger partial charge < -0.3 is 9.64 Å². The van der Waals surface area contributed by atoms with Crippen molar-refractivity contribution >= 4 is 5.91 Å². The minimum absolute atomic E-state index is 0.0990. The van der Waals surface area contributed by atoms with Crippen LogP contribution in [0.5, 0.6) is 0 Å². The molecule has 0 radical (unpaired) electrons. The molecule has 144 valence electrons. The zero-order valence-electron chi connectivity index (χ0n) is 15.2. The van der Waals surface area contributed by atoms with E-state index in [0.717, 1.165) is 25.2 Å². The monoisotopic (exact) mass is 374 g/mol. The van der Waals surface area contributed by atoms with Crippen LogP contribution < -0.4 is 0 Å². The molecule has 1 fully saturated rings. The quantitative estimate of drug-likeness (QED) is 0.747. The summed E-state index contributed by atoms with van der Waals surface area (Å²) in [4.78, 5) is 16.8. The van der Waals surface area contributed by atoms with Crippen LogP contribution in [0.25, 0.3) is 0 Å². The number of benzene rings is 2. The SMILES string of the molecule is O=C(Cc1cccc(F)c1)N(CCN1CCOCC1)Cc1cccc(F)c1. The molecule has 1 aliphatic heterocycles. The minimum Gasteiger partial charge on any atom is -0.379 e. The van der Waals surface area contributed by atoms with E-state index in [1.54, 1.807) is 29.2 Å². The lowest BCUT2D eigenvalue weighted by atomic mass is 10.1. The van der Waals surface area contributed by atoms with E-state index < -0.39 is 0 Å². The zero-order chi connectivity index (χ0) is 19.1. The summed E-state index contributed by atoms with van der Waals surface area (Å²) in [5.41, 5.74) is 1.38. The van der Waals surface area contributed by atoms with E-state index >= 15 is 0 Å². The van der Waals surface area contributed by atoms with Gasteiger partial charge in [-0.15, -0.1) is 0 Å². The molecular formula is C21H24F2N2O2. The van der Waals surface area contributed by atoms with Crippen molar-refractivity contribution in [3.05, 3.63) is 71.3 Å². The minimum atomic E-state index is -0.356. The Morgan fingerprint density at radius 2 is 1.63 bits per heavy atom. The molecule has 27 heavy (non-hydrogen) atoms. The van der Waals surface area contributed by atoms with Gasteiger partial charge in [-0.1, -0.05) is 24.3 Å². The predicted octanol–water partition coefficient (Wildman–Crippen LogP) is 2.87. The van der Waals surface area contributed by atoms with Crippen LogP contribution in [0.3, 0.4) is 0 Å². The van der Waals surface area contributed by atoms with Gasteiger partial charge in [0.05, 0.1) is 19.6 Å². The lowest BCUT2D eigenvalue weighted by Gasteiger charge is -2.30. The van der Waals surface area contributed by atoms with Crippen molar-refractivity contribution in [2.75, 3.05) is 39.4 Å². The van der Waals surface area contributed by atoms with Gasteiger partial charge in [-0.25, -0.2) is 8.78 Å². The maximum absolute atomic E-state index is 13.5. The van der Waals surface area contributed by atoms with Gasteiger partial charge in [0, 0.05) is 32.7 Å². The van der Waals surface area contributed by atoms with Crippen LogP contribution in [0, 0.1) is 11.6 Å². The van der Waals surface area contributed by atoms with Crippen molar-refractivity contribution < 1.29 is 18.3 Å². The third-order valence-corrected chi connectivity index (χ3v) is 4.65. The molecule has 6 heteroatoms. The van der Waals surface area contributed by atoms with Gasteiger partial charge >= 0.3 is 0 Å². The first-order chi connectivity index (χ1) is 13.1. The second-order valence-corrected chi connectivity index (χ2v) is 6.71. The van der Waals surface area contributed by atoms with Crippen LogP contribution >= 0.6 is 0 Å². The molecule has 2 aromatic carbocycles.